The number of aromatic nitrogens is 2. The molecule has 0 fully saturated rings. The van der Waals surface area contributed by atoms with E-state index in [0.29, 0.717) is 16.9 Å². The van der Waals surface area contributed by atoms with Gasteiger partial charge in [-0.3, -0.25) is 9.20 Å². The van der Waals surface area contributed by atoms with Crippen LogP contribution in [0, 0.1) is 11.6 Å². The van der Waals surface area contributed by atoms with Gasteiger partial charge >= 0.3 is 0 Å². The van der Waals surface area contributed by atoms with E-state index in [9.17, 15) is 13.6 Å². The molecule has 25 heavy (non-hydrogen) atoms. The lowest BCUT2D eigenvalue weighted by molar-refractivity contribution is -0.117. The van der Waals surface area contributed by atoms with Gasteiger partial charge in [0.15, 0.2) is 16.8 Å². The Bertz CT molecular complexity index is 968. The van der Waals surface area contributed by atoms with E-state index < -0.39 is 17.7 Å². The van der Waals surface area contributed by atoms with Crippen molar-refractivity contribution in [3.63, 3.8) is 0 Å². The maximum atomic E-state index is 13.3. The molecule has 1 amide bonds. The molecule has 3 aromatic rings. The van der Waals surface area contributed by atoms with E-state index in [4.69, 9.17) is 11.6 Å². The fourth-order valence-corrected chi connectivity index (χ4v) is 2.66. The summed E-state index contributed by atoms with van der Waals surface area (Å²) in [5.74, 6) is -2.27. The number of rotatable bonds is 4. The molecule has 0 saturated carbocycles. The Morgan fingerprint density at radius 2 is 2.08 bits per heavy atom. The number of halogens is 3. The molecule has 128 valence electrons. The molecule has 4 nitrogen and oxygen atoms in total. The van der Waals surface area contributed by atoms with Crippen LogP contribution in [0.2, 0.25) is 5.15 Å². The van der Waals surface area contributed by atoms with E-state index >= 15 is 0 Å². The van der Waals surface area contributed by atoms with Crippen molar-refractivity contribution >= 4 is 29.2 Å². The number of hydrogen-bond acceptors (Lipinski definition) is 2. The normalized spacial score (nSPS) is 12.6. The van der Waals surface area contributed by atoms with Gasteiger partial charge in [0, 0.05) is 12.3 Å². The molecule has 2 heterocycles. The summed E-state index contributed by atoms with van der Waals surface area (Å²) in [5, 5.41) is 2.97. The average Bonchev–Trinajstić information content (AvgIpc) is 2.90. The summed E-state index contributed by atoms with van der Waals surface area (Å²) in [6.45, 7) is 1.68. The third-order valence-electron chi connectivity index (χ3n) is 3.72. The number of benzene rings is 1. The lowest BCUT2D eigenvalue weighted by Gasteiger charge is -2.13. The molecule has 0 aliphatic heterocycles. The quantitative estimate of drug-likeness (QED) is 0.709. The van der Waals surface area contributed by atoms with Crippen LogP contribution in [0.4, 0.5) is 8.78 Å². The minimum Gasteiger partial charge on any atom is -0.346 e. The first-order valence-corrected chi connectivity index (χ1v) is 7.89. The van der Waals surface area contributed by atoms with Crippen LogP contribution in [0.3, 0.4) is 0 Å². The second kappa shape index (κ2) is 7.03. The van der Waals surface area contributed by atoms with Gasteiger partial charge in [0.1, 0.15) is 5.65 Å². The largest absolute Gasteiger partial charge is 0.346 e. The van der Waals surface area contributed by atoms with Crippen LogP contribution in [-0.2, 0) is 4.79 Å². The minimum absolute atomic E-state index is 0.281. The summed E-state index contributed by atoms with van der Waals surface area (Å²) < 4.78 is 28.0. The molecule has 0 spiro atoms. The zero-order valence-electron chi connectivity index (χ0n) is 13.2. The maximum Gasteiger partial charge on any atom is 0.244 e. The first-order valence-electron chi connectivity index (χ1n) is 7.52. The van der Waals surface area contributed by atoms with Crippen molar-refractivity contribution in [1.82, 2.24) is 14.7 Å². The predicted molar refractivity (Wildman–Crippen MR) is 92.2 cm³/mol. The molecule has 1 aromatic carbocycles. The summed E-state index contributed by atoms with van der Waals surface area (Å²) in [4.78, 5) is 16.3. The Kier molecular flexibility index (Phi) is 4.81. The smallest absolute Gasteiger partial charge is 0.244 e. The van der Waals surface area contributed by atoms with Crippen molar-refractivity contribution < 1.29 is 13.6 Å². The van der Waals surface area contributed by atoms with Crippen molar-refractivity contribution in [3.05, 3.63) is 76.7 Å². The highest BCUT2D eigenvalue weighted by Crippen LogP contribution is 2.19. The number of pyridine rings is 1. The van der Waals surface area contributed by atoms with Crippen molar-refractivity contribution in [2.75, 3.05) is 0 Å². The van der Waals surface area contributed by atoms with Crippen LogP contribution in [0.25, 0.3) is 11.7 Å². The molecule has 0 aliphatic rings. The van der Waals surface area contributed by atoms with Crippen LogP contribution < -0.4 is 5.32 Å². The summed E-state index contributed by atoms with van der Waals surface area (Å²) in [7, 11) is 0. The highest BCUT2D eigenvalue weighted by Gasteiger charge is 2.11. The monoisotopic (exact) mass is 361 g/mol. The van der Waals surface area contributed by atoms with Crippen LogP contribution in [0.1, 0.15) is 24.2 Å². The van der Waals surface area contributed by atoms with E-state index in [1.54, 1.807) is 29.7 Å². The van der Waals surface area contributed by atoms with Gasteiger partial charge in [0.25, 0.3) is 0 Å². The van der Waals surface area contributed by atoms with Crippen LogP contribution >= 0.6 is 11.6 Å². The molecule has 1 unspecified atom stereocenters. The van der Waals surface area contributed by atoms with E-state index in [2.05, 4.69) is 10.3 Å². The number of fused-ring (bicyclic) bond motifs is 1. The lowest BCUT2D eigenvalue weighted by atomic mass is 10.1. The van der Waals surface area contributed by atoms with E-state index in [1.165, 1.54) is 12.1 Å². The fraction of sp³-hybridized carbons (Fsp3) is 0.111. The average molecular weight is 362 g/mol. The SMILES string of the molecule is CC(NC(=O)/C=C/c1c(Cl)nc2ccccn12)c1ccc(F)c(F)c1. The van der Waals surface area contributed by atoms with Crippen molar-refractivity contribution in [2.24, 2.45) is 0 Å². The van der Waals surface area contributed by atoms with E-state index in [-0.39, 0.29) is 11.1 Å². The van der Waals surface area contributed by atoms with Crippen molar-refractivity contribution in [2.45, 2.75) is 13.0 Å². The Hall–Kier alpha value is -2.73. The first-order chi connectivity index (χ1) is 12.0. The van der Waals surface area contributed by atoms with Gasteiger partial charge in [-0.2, -0.15) is 0 Å². The summed E-state index contributed by atoms with van der Waals surface area (Å²) in [5.41, 5.74) is 1.71. The van der Waals surface area contributed by atoms with Crippen LogP contribution in [0.15, 0.2) is 48.7 Å². The van der Waals surface area contributed by atoms with Crippen molar-refractivity contribution in [1.29, 1.82) is 0 Å². The molecule has 3 rings (SSSR count). The first kappa shape index (κ1) is 17.1. The minimum atomic E-state index is -0.952. The Morgan fingerprint density at radius 1 is 1.28 bits per heavy atom. The Labute approximate surface area is 147 Å². The van der Waals surface area contributed by atoms with Gasteiger partial charge in [-0.05, 0) is 42.8 Å². The molecular weight excluding hydrogens is 348 g/mol. The molecule has 0 saturated heterocycles. The van der Waals surface area contributed by atoms with Gasteiger partial charge < -0.3 is 5.32 Å². The second-order valence-corrected chi connectivity index (χ2v) is 5.81. The number of carbonyl (C=O) groups excluding carboxylic acids is 1. The highest BCUT2D eigenvalue weighted by atomic mass is 35.5. The molecule has 0 radical (unpaired) electrons. The van der Waals surface area contributed by atoms with E-state index in [1.807, 2.05) is 12.1 Å². The topological polar surface area (TPSA) is 46.4 Å². The van der Waals surface area contributed by atoms with Gasteiger partial charge in [-0.1, -0.05) is 23.7 Å². The molecule has 1 atom stereocenters. The standard InChI is InChI=1S/C18H14ClF2N3O/c1-11(12-5-6-13(20)14(21)10-12)22-17(25)8-7-15-18(19)23-16-4-2-3-9-24(15)16/h2-11H,1H3,(H,22,25)/b8-7+. The van der Waals surface area contributed by atoms with Crippen LogP contribution in [0.5, 0.6) is 0 Å². The number of carbonyl (C=O) groups is 1. The third kappa shape index (κ3) is 3.69. The zero-order chi connectivity index (χ0) is 18.0. The summed E-state index contributed by atoms with van der Waals surface area (Å²) in [6, 6.07) is 8.50. The Balaban J connectivity index is 1.74. The Morgan fingerprint density at radius 3 is 2.84 bits per heavy atom. The van der Waals surface area contributed by atoms with Crippen LogP contribution in [-0.4, -0.2) is 15.3 Å². The highest BCUT2D eigenvalue weighted by molar-refractivity contribution is 6.31. The molecule has 1 N–H and O–H groups in total. The van der Waals surface area contributed by atoms with E-state index in [0.717, 1.165) is 12.1 Å². The molecule has 2 aromatic heterocycles. The van der Waals surface area contributed by atoms with Gasteiger partial charge in [-0.15, -0.1) is 0 Å². The zero-order valence-corrected chi connectivity index (χ0v) is 14.0. The number of hydrogen-bond donors (Lipinski definition) is 1. The molecule has 7 heteroatoms. The fourth-order valence-electron chi connectivity index (χ4n) is 2.42. The lowest BCUT2D eigenvalue weighted by Crippen LogP contribution is -2.24. The number of imidazole rings is 1. The molecular formula is C18H14ClF2N3O. The maximum absolute atomic E-state index is 13.3. The van der Waals surface area contributed by atoms with Gasteiger partial charge in [0.05, 0.1) is 11.7 Å². The third-order valence-corrected chi connectivity index (χ3v) is 4.00. The number of nitrogens with zero attached hydrogens (tertiary/aromatic N) is 2. The number of nitrogens with one attached hydrogen (secondary N) is 1. The number of amides is 1. The molecule has 0 bridgehead atoms. The van der Waals surface area contributed by atoms with Crippen molar-refractivity contribution in [3.8, 4) is 0 Å². The predicted octanol–water partition coefficient (Wildman–Crippen LogP) is 4.16. The molecule has 0 aliphatic carbocycles. The second-order valence-electron chi connectivity index (χ2n) is 5.45. The summed E-state index contributed by atoms with van der Waals surface area (Å²) >= 11 is 6.09. The summed E-state index contributed by atoms with van der Waals surface area (Å²) in [6.07, 6.45) is 4.66. The van der Waals surface area contributed by atoms with Gasteiger partial charge in [-0.25, -0.2) is 13.8 Å². The van der Waals surface area contributed by atoms with Gasteiger partial charge in [0.2, 0.25) is 5.91 Å².